The Hall–Kier alpha value is -8.15. The number of benzene rings is 9. The van der Waals surface area contributed by atoms with Crippen LogP contribution in [0.4, 0.5) is 34.1 Å². The van der Waals surface area contributed by atoms with Crippen LogP contribution >= 0.6 is 0 Å². The van der Waals surface area contributed by atoms with Gasteiger partial charge in [-0.25, -0.2) is 4.98 Å². The largest absolute Gasteiger partial charge is 0.436 e. The predicted octanol–water partition coefficient (Wildman–Crippen LogP) is 15.2. The summed E-state index contributed by atoms with van der Waals surface area (Å²) >= 11 is 0. The van der Waals surface area contributed by atoms with E-state index in [0.717, 1.165) is 89.4 Å². The van der Waals surface area contributed by atoms with Gasteiger partial charge in [-0.1, -0.05) is 109 Å². The third-order valence-electron chi connectivity index (χ3n) is 11.2. The average Bonchev–Trinajstić information content (AvgIpc) is 3.90. The number of hydrogen-bond donors (Lipinski definition) is 0. The summed E-state index contributed by atoms with van der Waals surface area (Å²) in [5.74, 6) is 0.627. The quantitative estimate of drug-likeness (QED) is 0.146. The van der Waals surface area contributed by atoms with Gasteiger partial charge in [0.25, 0.3) is 0 Å². The zero-order valence-corrected chi connectivity index (χ0v) is 32.6. The van der Waals surface area contributed by atoms with Gasteiger partial charge in [-0.05, 0) is 132 Å². The maximum atomic E-state index is 6.24. The monoisotopic (exact) mass is 770 g/mol. The Morgan fingerprint density at radius 3 is 1.25 bits per heavy atom. The van der Waals surface area contributed by atoms with Crippen molar-refractivity contribution >= 4 is 67.0 Å². The molecule has 284 valence electrons. The third-order valence-corrected chi connectivity index (χ3v) is 11.2. The first kappa shape index (κ1) is 35.0. The highest BCUT2D eigenvalue weighted by Gasteiger charge is 2.20. The molecule has 0 radical (unpaired) electrons. The molecule has 0 bridgehead atoms. The molecule has 5 heteroatoms. The van der Waals surface area contributed by atoms with Crippen molar-refractivity contribution in [2.24, 2.45) is 0 Å². The van der Waals surface area contributed by atoms with E-state index in [0.29, 0.717) is 5.89 Å². The SMILES string of the molecule is c1ccc(-c2nc3ccc(-c4ccc(-n5c6ccc(N(c7ccccc7)c7ccccc7)cc6c6cc(N(c7ccccc7)c7ccccc7)ccc65)cc4)cc3o2)cc1. The van der Waals surface area contributed by atoms with Crippen LogP contribution in [0, 0.1) is 0 Å². The first-order valence-electron chi connectivity index (χ1n) is 20.2. The number of hydrogen-bond acceptors (Lipinski definition) is 4. The Bertz CT molecular complexity index is 3020. The summed E-state index contributed by atoms with van der Waals surface area (Å²) in [6.45, 7) is 0. The van der Waals surface area contributed by atoms with E-state index in [1.54, 1.807) is 0 Å². The van der Waals surface area contributed by atoms with E-state index in [2.05, 4.69) is 208 Å². The van der Waals surface area contributed by atoms with Crippen LogP contribution in [0.5, 0.6) is 0 Å². The van der Waals surface area contributed by atoms with Crippen LogP contribution in [0.15, 0.2) is 235 Å². The second-order valence-electron chi connectivity index (χ2n) is 14.9. The van der Waals surface area contributed by atoms with Gasteiger partial charge in [-0.2, -0.15) is 0 Å². The molecule has 0 saturated heterocycles. The summed E-state index contributed by atoms with van der Waals surface area (Å²) in [7, 11) is 0. The number of fused-ring (bicyclic) bond motifs is 4. The van der Waals surface area contributed by atoms with Crippen LogP contribution in [-0.4, -0.2) is 9.55 Å². The first-order chi connectivity index (χ1) is 29.7. The standard InChI is InChI=1S/C55H38N4O/c1-6-16-40(17-7-1)55-56-51-33-28-41(36-54(51)60-55)39-26-29-46(30-27-39)59-52-34-31-47(57(42-18-8-2-9-19-42)43-20-10-3-11-21-43)37-49(52)50-38-48(32-35-53(50)59)58(44-22-12-4-13-23-44)45-24-14-5-15-25-45/h1-38H. The predicted molar refractivity (Wildman–Crippen MR) is 249 cm³/mol. The molecule has 0 amide bonds. The van der Waals surface area contributed by atoms with Gasteiger partial charge in [0.15, 0.2) is 5.58 Å². The molecule has 0 fully saturated rings. The number of anilines is 6. The van der Waals surface area contributed by atoms with Crippen LogP contribution in [-0.2, 0) is 0 Å². The van der Waals surface area contributed by atoms with Crippen molar-refractivity contribution in [3.63, 3.8) is 0 Å². The molecule has 0 N–H and O–H groups in total. The van der Waals surface area contributed by atoms with E-state index >= 15 is 0 Å². The van der Waals surface area contributed by atoms with E-state index in [4.69, 9.17) is 9.40 Å². The number of nitrogens with zero attached hydrogens (tertiary/aromatic N) is 4. The fourth-order valence-electron chi connectivity index (χ4n) is 8.37. The third kappa shape index (κ3) is 6.35. The fourth-order valence-corrected chi connectivity index (χ4v) is 8.37. The molecule has 0 aliphatic heterocycles. The lowest BCUT2D eigenvalue weighted by Gasteiger charge is -2.26. The molecule has 5 nitrogen and oxygen atoms in total. The van der Waals surface area contributed by atoms with Gasteiger partial charge in [-0.3, -0.25) is 0 Å². The highest BCUT2D eigenvalue weighted by atomic mass is 16.3. The first-order valence-corrected chi connectivity index (χ1v) is 20.2. The van der Waals surface area contributed by atoms with Crippen molar-refractivity contribution in [3.05, 3.63) is 231 Å². The number of aromatic nitrogens is 2. The molecule has 2 heterocycles. The second-order valence-corrected chi connectivity index (χ2v) is 14.9. The highest BCUT2D eigenvalue weighted by Crippen LogP contribution is 2.43. The van der Waals surface area contributed by atoms with Gasteiger partial charge in [-0.15, -0.1) is 0 Å². The van der Waals surface area contributed by atoms with E-state index < -0.39 is 0 Å². The second kappa shape index (κ2) is 15.0. The Morgan fingerprint density at radius 1 is 0.350 bits per heavy atom. The van der Waals surface area contributed by atoms with Crippen LogP contribution < -0.4 is 9.80 Å². The van der Waals surface area contributed by atoms with Crippen molar-refractivity contribution in [2.45, 2.75) is 0 Å². The summed E-state index contributed by atoms with van der Waals surface area (Å²) in [6, 6.07) is 81.2. The smallest absolute Gasteiger partial charge is 0.227 e. The lowest BCUT2D eigenvalue weighted by Crippen LogP contribution is -2.09. The van der Waals surface area contributed by atoms with E-state index in [9.17, 15) is 0 Å². The Balaban J connectivity index is 1.07. The number of oxazole rings is 1. The van der Waals surface area contributed by atoms with Crippen molar-refractivity contribution in [1.82, 2.24) is 9.55 Å². The summed E-state index contributed by atoms with van der Waals surface area (Å²) in [4.78, 5) is 9.41. The van der Waals surface area contributed by atoms with Crippen LogP contribution in [0.1, 0.15) is 0 Å². The minimum absolute atomic E-state index is 0.627. The minimum atomic E-state index is 0.627. The molecule has 11 aromatic rings. The molecule has 0 aliphatic rings. The molecule has 0 spiro atoms. The Morgan fingerprint density at radius 2 is 0.783 bits per heavy atom. The molecule has 2 aromatic heterocycles. The Labute approximate surface area is 348 Å². The van der Waals surface area contributed by atoms with Crippen molar-refractivity contribution in [2.75, 3.05) is 9.80 Å². The molecule has 0 unspecified atom stereocenters. The van der Waals surface area contributed by atoms with E-state index in [1.165, 1.54) is 0 Å². The highest BCUT2D eigenvalue weighted by molar-refractivity contribution is 6.12. The van der Waals surface area contributed by atoms with Gasteiger partial charge < -0.3 is 18.8 Å². The van der Waals surface area contributed by atoms with E-state index in [1.807, 2.05) is 36.4 Å². The van der Waals surface area contributed by atoms with Crippen molar-refractivity contribution < 1.29 is 4.42 Å². The normalized spacial score (nSPS) is 11.3. The molecule has 9 aromatic carbocycles. The van der Waals surface area contributed by atoms with Crippen molar-refractivity contribution in [3.8, 4) is 28.3 Å². The molecular formula is C55H38N4O. The average molecular weight is 771 g/mol. The summed E-state index contributed by atoms with van der Waals surface area (Å²) in [6.07, 6.45) is 0. The molecule has 0 atom stereocenters. The number of para-hydroxylation sites is 4. The molecule has 0 saturated carbocycles. The van der Waals surface area contributed by atoms with Crippen LogP contribution in [0.25, 0.3) is 61.2 Å². The number of rotatable bonds is 9. The summed E-state index contributed by atoms with van der Waals surface area (Å²) in [5, 5.41) is 2.33. The van der Waals surface area contributed by atoms with Crippen LogP contribution in [0.2, 0.25) is 0 Å². The van der Waals surface area contributed by atoms with Crippen LogP contribution in [0.3, 0.4) is 0 Å². The van der Waals surface area contributed by atoms with E-state index in [-0.39, 0.29) is 0 Å². The molecule has 0 aliphatic carbocycles. The zero-order valence-electron chi connectivity index (χ0n) is 32.6. The van der Waals surface area contributed by atoms with Gasteiger partial charge >= 0.3 is 0 Å². The molecular weight excluding hydrogens is 733 g/mol. The molecule has 11 rings (SSSR count). The van der Waals surface area contributed by atoms with Gasteiger partial charge in [0.1, 0.15) is 5.52 Å². The fraction of sp³-hybridized carbons (Fsp3) is 0. The topological polar surface area (TPSA) is 37.4 Å². The minimum Gasteiger partial charge on any atom is -0.436 e. The zero-order chi connectivity index (χ0) is 39.8. The maximum absolute atomic E-state index is 6.24. The molecule has 60 heavy (non-hydrogen) atoms. The van der Waals surface area contributed by atoms with Gasteiger partial charge in [0.05, 0.1) is 11.0 Å². The summed E-state index contributed by atoms with van der Waals surface area (Å²) in [5.41, 5.74) is 14.7. The Kier molecular flexibility index (Phi) is 8.75. The van der Waals surface area contributed by atoms with Gasteiger partial charge in [0.2, 0.25) is 5.89 Å². The lowest BCUT2D eigenvalue weighted by molar-refractivity contribution is 0.620. The summed E-state index contributed by atoms with van der Waals surface area (Å²) < 4.78 is 8.63. The maximum Gasteiger partial charge on any atom is 0.227 e. The van der Waals surface area contributed by atoms with Crippen molar-refractivity contribution in [1.29, 1.82) is 0 Å². The lowest BCUT2D eigenvalue weighted by atomic mass is 10.0. The van der Waals surface area contributed by atoms with Gasteiger partial charge in [0, 0.05) is 56.1 Å².